The molecule has 32 heavy (non-hydrogen) atoms. The minimum Gasteiger partial charge on any atom is -0.497 e. The SMILES string of the molecule is COc1ccc2nccc([C@@H](O)CN3CCC(NCc4ccc5scnc5c4)CC3)c2c1. The van der Waals surface area contributed by atoms with Crippen LogP contribution in [0.25, 0.3) is 21.1 Å². The van der Waals surface area contributed by atoms with Crippen molar-refractivity contribution in [1.82, 2.24) is 20.2 Å². The standard InChI is InChI=1S/C25H28N4O2S/c1-31-19-3-4-22-21(13-19)20(6-9-26-22)24(30)15-29-10-7-18(8-11-29)27-14-17-2-5-25-23(12-17)28-16-32-25/h2-6,9,12-13,16,18,24,27,30H,7-8,10-11,14-15H2,1H3/t24-/m0/s1. The summed E-state index contributed by atoms with van der Waals surface area (Å²) in [4.78, 5) is 11.2. The van der Waals surface area contributed by atoms with Gasteiger partial charge in [-0.05, 0) is 73.5 Å². The fourth-order valence-electron chi connectivity index (χ4n) is 4.50. The number of aromatic nitrogens is 2. The monoisotopic (exact) mass is 448 g/mol. The van der Waals surface area contributed by atoms with Gasteiger partial charge in [-0.1, -0.05) is 6.07 Å². The summed E-state index contributed by atoms with van der Waals surface area (Å²) in [5.74, 6) is 0.778. The van der Waals surface area contributed by atoms with Crippen molar-refractivity contribution >= 4 is 32.5 Å². The van der Waals surface area contributed by atoms with E-state index in [-0.39, 0.29) is 0 Å². The first-order valence-electron chi connectivity index (χ1n) is 11.1. The number of aliphatic hydroxyl groups excluding tert-OH is 1. The van der Waals surface area contributed by atoms with Crippen LogP contribution in [0.4, 0.5) is 0 Å². The summed E-state index contributed by atoms with van der Waals surface area (Å²) in [6.07, 6.45) is 3.38. The molecule has 1 fully saturated rings. The lowest BCUT2D eigenvalue weighted by atomic mass is 10.0. The minimum absolute atomic E-state index is 0.501. The Labute approximate surface area is 191 Å². The summed E-state index contributed by atoms with van der Waals surface area (Å²) >= 11 is 1.68. The second-order valence-corrected chi connectivity index (χ2v) is 9.30. The van der Waals surface area contributed by atoms with E-state index in [2.05, 4.69) is 38.4 Å². The molecular weight excluding hydrogens is 420 g/mol. The van der Waals surface area contributed by atoms with E-state index in [0.717, 1.165) is 60.2 Å². The number of fused-ring (bicyclic) bond motifs is 2. The Morgan fingerprint density at radius 3 is 2.84 bits per heavy atom. The number of nitrogens with one attached hydrogen (secondary N) is 1. The van der Waals surface area contributed by atoms with Gasteiger partial charge in [0.05, 0.1) is 34.5 Å². The number of rotatable bonds is 7. The van der Waals surface area contributed by atoms with E-state index in [1.807, 2.05) is 29.8 Å². The van der Waals surface area contributed by atoms with Gasteiger partial charge in [-0.15, -0.1) is 11.3 Å². The van der Waals surface area contributed by atoms with Crippen LogP contribution in [0.1, 0.15) is 30.1 Å². The maximum Gasteiger partial charge on any atom is 0.119 e. The van der Waals surface area contributed by atoms with E-state index in [4.69, 9.17) is 4.74 Å². The van der Waals surface area contributed by atoms with Crippen LogP contribution in [0, 0.1) is 0 Å². The van der Waals surface area contributed by atoms with Crippen LogP contribution in [0.5, 0.6) is 5.75 Å². The number of thiazole rings is 1. The number of methoxy groups -OCH3 is 1. The van der Waals surface area contributed by atoms with Crippen molar-refractivity contribution in [3.05, 3.63) is 65.3 Å². The summed E-state index contributed by atoms with van der Waals surface area (Å²) in [7, 11) is 1.66. The molecule has 4 aromatic rings. The molecule has 2 aromatic carbocycles. The zero-order valence-corrected chi connectivity index (χ0v) is 19.0. The van der Waals surface area contributed by atoms with E-state index >= 15 is 0 Å². The zero-order chi connectivity index (χ0) is 21.9. The third-order valence-electron chi connectivity index (χ3n) is 6.35. The topological polar surface area (TPSA) is 70.5 Å². The first kappa shape index (κ1) is 21.3. The molecule has 2 aromatic heterocycles. The molecule has 0 saturated carbocycles. The average Bonchev–Trinajstić information content (AvgIpc) is 3.31. The minimum atomic E-state index is -0.554. The van der Waals surface area contributed by atoms with E-state index in [1.54, 1.807) is 24.6 Å². The van der Waals surface area contributed by atoms with Crippen LogP contribution in [0.3, 0.4) is 0 Å². The Kier molecular flexibility index (Phi) is 6.32. The predicted octanol–water partition coefficient (Wildman–Crippen LogP) is 4.14. The van der Waals surface area contributed by atoms with Gasteiger partial charge in [-0.3, -0.25) is 4.98 Å². The van der Waals surface area contributed by atoms with Crippen LogP contribution < -0.4 is 10.1 Å². The molecule has 1 aliphatic rings. The molecule has 166 valence electrons. The normalized spacial score (nSPS) is 16.6. The maximum atomic E-state index is 11.0. The van der Waals surface area contributed by atoms with Crippen molar-refractivity contribution < 1.29 is 9.84 Å². The Morgan fingerprint density at radius 2 is 2.00 bits per heavy atom. The van der Waals surface area contributed by atoms with Gasteiger partial charge in [0, 0.05) is 30.7 Å². The number of hydrogen-bond acceptors (Lipinski definition) is 7. The molecule has 0 bridgehead atoms. The second-order valence-electron chi connectivity index (χ2n) is 8.41. The Balaban J connectivity index is 1.16. The van der Waals surface area contributed by atoms with Gasteiger partial charge in [0.1, 0.15) is 5.75 Å². The molecular formula is C25H28N4O2S. The van der Waals surface area contributed by atoms with E-state index in [9.17, 15) is 5.11 Å². The smallest absolute Gasteiger partial charge is 0.119 e. The van der Waals surface area contributed by atoms with Gasteiger partial charge in [0.2, 0.25) is 0 Å². The summed E-state index contributed by atoms with van der Waals surface area (Å²) in [6.45, 7) is 3.45. The zero-order valence-electron chi connectivity index (χ0n) is 18.2. The number of piperidine rings is 1. The van der Waals surface area contributed by atoms with E-state index in [0.29, 0.717) is 12.6 Å². The van der Waals surface area contributed by atoms with Crippen LogP contribution >= 0.6 is 11.3 Å². The molecule has 0 unspecified atom stereocenters. The van der Waals surface area contributed by atoms with Crippen LogP contribution in [0.2, 0.25) is 0 Å². The van der Waals surface area contributed by atoms with Crippen LogP contribution in [0.15, 0.2) is 54.2 Å². The number of pyridine rings is 1. The molecule has 0 amide bonds. The largest absolute Gasteiger partial charge is 0.497 e. The molecule has 5 rings (SSSR count). The van der Waals surface area contributed by atoms with Gasteiger partial charge in [-0.25, -0.2) is 4.98 Å². The van der Waals surface area contributed by atoms with Crippen molar-refractivity contribution in [3.8, 4) is 5.75 Å². The van der Waals surface area contributed by atoms with Crippen LogP contribution in [-0.2, 0) is 6.54 Å². The lowest BCUT2D eigenvalue weighted by Gasteiger charge is -2.33. The fourth-order valence-corrected chi connectivity index (χ4v) is 5.16. The van der Waals surface area contributed by atoms with Crippen molar-refractivity contribution in [2.75, 3.05) is 26.7 Å². The van der Waals surface area contributed by atoms with Crippen LogP contribution in [-0.4, -0.2) is 52.8 Å². The van der Waals surface area contributed by atoms with Gasteiger partial charge in [0.15, 0.2) is 0 Å². The molecule has 2 N–H and O–H groups in total. The summed E-state index contributed by atoms with van der Waals surface area (Å²) < 4.78 is 6.60. The number of β-amino-alcohol motifs (C(OH)–C–C–N with tert-alkyl or cyclic N) is 1. The first-order chi connectivity index (χ1) is 15.7. The predicted molar refractivity (Wildman–Crippen MR) is 129 cm³/mol. The van der Waals surface area contributed by atoms with Crippen molar-refractivity contribution in [2.24, 2.45) is 0 Å². The number of likely N-dealkylation sites (tertiary alicyclic amines) is 1. The van der Waals surface area contributed by atoms with Gasteiger partial charge >= 0.3 is 0 Å². The maximum absolute atomic E-state index is 11.0. The van der Waals surface area contributed by atoms with E-state index < -0.39 is 6.10 Å². The number of benzene rings is 2. The quantitative estimate of drug-likeness (QED) is 0.443. The molecule has 7 heteroatoms. The summed E-state index contributed by atoms with van der Waals surface area (Å²) in [5, 5.41) is 15.6. The third kappa shape index (κ3) is 4.61. The molecule has 0 spiro atoms. The third-order valence-corrected chi connectivity index (χ3v) is 7.16. The Morgan fingerprint density at radius 1 is 1.12 bits per heavy atom. The lowest BCUT2D eigenvalue weighted by molar-refractivity contribution is 0.0949. The van der Waals surface area contributed by atoms with Crippen molar-refractivity contribution in [1.29, 1.82) is 0 Å². The van der Waals surface area contributed by atoms with Gasteiger partial charge in [-0.2, -0.15) is 0 Å². The number of aliphatic hydroxyl groups is 1. The second kappa shape index (κ2) is 9.50. The highest BCUT2D eigenvalue weighted by molar-refractivity contribution is 7.16. The molecule has 3 heterocycles. The highest BCUT2D eigenvalue weighted by atomic mass is 32.1. The molecule has 1 atom stereocenters. The van der Waals surface area contributed by atoms with E-state index in [1.165, 1.54) is 10.3 Å². The van der Waals surface area contributed by atoms with Gasteiger partial charge < -0.3 is 20.1 Å². The first-order valence-corrected chi connectivity index (χ1v) is 12.0. The molecule has 6 nitrogen and oxygen atoms in total. The number of ether oxygens (including phenoxy) is 1. The summed E-state index contributed by atoms with van der Waals surface area (Å²) in [5.41, 5.74) is 6.05. The molecule has 0 aliphatic carbocycles. The average molecular weight is 449 g/mol. The van der Waals surface area contributed by atoms with Crippen molar-refractivity contribution in [3.63, 3.8) is 0 Å². The molecule has 0 radical (unpaired) electrons. The van der Waals surface area contributed by atoms with Crippen molar-refractivity contribution in [2.45, 2.75) is 31.5 Å². The number of nitrogens with zero attached hydrogens (tertiary/aromatic N) is 3. The Hall–Kier alpha value is -2.58. The highest BCUT2D eigenvalue weighted by Crippen LogP contribution is 2.28. The molecule has 1 aliphatic heterocycles. The molecule has 1 saturated heterocycles. The van der Waals surface area contributed by atoms with Gasteiger partial charge in [0.25, 0.3) is 0 Å². The highest BCUT2D eigenvalue weighted by Gasteiger charge is 2.22. The lowest BCUT2D eigenvalue weighted by Crippen LogP contribution is -2.43. The Bertz CT molecular complexity index is 1200. The summed E-state index contributed by atoms with van der Waals surface area (Å²) in [6, 6.07) is 14.7. The number of hydrogen-bond donors (Lipinski definition) is 2. The fraction of sp³-hybridized carbons (Fsp3) is 0.360.